The molecule has 0 bridgehead atoms. The van der Waals surface area contributed by atoms with Crippen molar-refractivity contribution in [3.05, 3.63) is 52.8 Å². The molecule has 3 nitrogen and oxygen atoms in total. The molecular formula is C15H17ClN2O. The fourth-order valence-corrected chi connectivity index (χ4v) is 1.81. The number of aromatic nitrogens is 1. The van der Waals surface area contributed by atoms with Gasteiger partial charge in [-0.3, -0.25) is 4.98 Å². The van der Waals surface area contributed by atoms with Crippen molar-refractivity contribution in [1.82, 2.24) is 4.98 Å². The average molecular weight is 277 g/mol. The van der Waals surface area contributed by atoms with E-state index in [-0.39, 0.29) is 6.04 Å². The van der Waals surface area contributed by atoms with Crippen molar-refractivity contribution in [3.63, 3.8) is 0 Å². The van der Waals surface area contributed by atoms with E-state index in [4.69, 9.17) is 22.1 Å². The van der Waals surface area contributed by atoms with E-state index in [2.05, 4.69) is 4.98 Å². The molecule has 0 unspecified atom stereocenters. The molecule has 0 saturated heterocycles. The Labute approximate surface area is 118 Å². The Balaban J connectivity index is 2.12. The Bertz CT molecular complexity index is 555. The van der Waals surface area contributed by atoms with Crippen LogP contribution in [0.4, 0.5) is 0 Å². The third-order valence-corrected chi connectivity index (χ3v) is 3.37. The lowest BCUT2D eigenvalue weighted by molar-refractivity contribution is 0.478. The maximum atomic E-state index is 5.97. The number of aryl methyl sites for hydroxylation is 1. The number of benzene rings is 1. The Kier molecular flexibility index (Phi) is 4.40. The van der Waals surface area contributed by atoms with Crippen molar-refractivity contribution in [2.24, 2.45) is 5.73 Å². The first-order valence-corrected chi connectivity index (χ1v) is 6.63. The number of nitrogens with zero attached hydrogens (tertiary/aromatic N) is 1. The molecule has 1 atom stereocenters. The third-order valence-electron chi connectivity index (χ3n) is 2.94. The van der Waals surface area contributed by atoms with Crippen LogP contribution in [0.15, 0.2) is 36.5 Å². The smallest absolute Gasteiger partial charge is 0.145 e. The summed E-state index contributed by atoms with van der Waals surface area (Å²) in [5, 5.41) is 0.731. The second-order valence-corrected chi connectivity index (χ2v) is 4.85. The van der Waals surface area contributed by atoms with Crippen LogP contribution in [0.1, 0.15) is 30.6 Å². The topological polar surface area (TPSA) is 48.1 Å². The van der Waals surface area contributed by atoms with Crippen LogP contribution >= 0.6 is 11.6 Å². The quantitative estimate of drug-likeness (QED) is 0.908. The van der Waals surface area contributed by atoms with E-state index in [1.165, 1.54) is 0 Å². The molecule has 0 amide bonds. The van der Waals surface area contributed by atoms with Crippen molar-refractivity contribution < 1.29 is 4.74 Å². The van der Waals surface area contributed by atoms with E-state index in [0.717, 1.165) is 28.5 Å². The van der Waals surface area contributed by atoms with Gasteiger partial charge in [0.1, 0.15) is 11.5 Å². The molecule has 0 aliphatic rings. The molecule has 1 aromatic carbocycles. The minimum absolute atomic E-state index is 0.0215. The van der Waals surface area contributed by atoms with Crippen molar-refractivity contribution in [1.29, 1.82) is 0 Å². The second kappa shape index (κ2) is 6.04. The highest BCUT2D eigenvalue weighted by atomic mass is 35.5. The Morgan fingerprint density at radius 1 is 1.26 bits per heavy atom. The summed E-state index contributed by atoms with van der Waals surface area (Å²) >= 11 is 5.97. The number of halogens is 1. The summed E-state index contributed by atoms with van der Waals surface area (Å²) < 4.78 is 5.72. The number of hydrogen-bond donors (Lipinski definition) is 1. The maximum absolute atomic E-state index is 5.97. The number of hydrogen-bond acceptors (Lipinski definition) is 3. The zero-order chi connectivity index (χ0) is 13.8. The van der Waals surface area contributed by atoms with Gasteiger partial charge in [-0.15, -0.1) is 0 Å². The van der Waals surface area contributed by atoms with Gasteiger partial charge in [0, 0.05) is 11.1 Å². The maximum Gasteiger partial charge on any atom is 0.145 e. The molecule has 0 aliphatic heterocycles. The van der Waals surface area contributed by atoms with E-state index in [1.54, 1.807) is 6.20 Å². The first-order valence-electron chi connectivity index (χ1n) is 6.25. The SMILES string of the molecule is CC[C@H](N)c1ccc(Oc2ccc(Cl)c(C)c2)cn1. The first kappa shape index (κ1) is 13.8. The summed E-state index contributed by atoms with van der Waals surface area (Å²) in [6, 6.07) is 9.30. The van der Waals surface area contributed by atoms with E-state index >= 15 is 0 Å². The zero-order valence-corrected chi connectivity index (χ0v) is 11.8. The lowest BCUT2D eigenvalue weighted by Crippen LogP contribution is -2.10. The number of pyridine rings is 1. The fraction of sp³-hybridized carbons (Fsp3) is 0.267. The van der Waals surface area contributed by atoms with E-state index in [9.17, 15) is 0 Å². The average Bonchev–Trinajstić information content (AvgIpc) is 2.43. The van der Waals surface area contributed by atoms with Gasteiger partial charge in [0.25, 0.3) is 0 Å². The molecule has 0 radical (unpaired) electrons. The monoisotopic (exact) mass is 276 g/mol. The van der Waals surface area contributed by atoms with Crippen LogP contribution in [-0.2, 0) is 0 Å². The van der Waals surface area contributed by atoms with Gasteiger partial charge >= 0.3 is 0 Å². The normalized spacial score (nSPS) is 12.2. The van der Waals surface area contributed by atoms with Crippen molar-refractivity contribution >= 4 is 11.6 Å². The van der Waals surface area contributed by atoms with E-state index in [0.29, 0.717) is 5.75 Å². The molecule has 19 heavy (non-hydrogen) atoms. The van der Waals surface area contributed by atoms with Gasteiger partial charge in [-0.1, -0.05) is 18.5 Å². The molecule has 2 aromatic rings. The van der Waals surface area contributed by atoms with Gasteiger partial charge < -0.3 is 10.5 Å². The van der Waals surface area contributed by atoms with Crippen molar-refractivity contribution in [3.8, 4) is 11.5 Å². The molecular weight excluding hydrogens is 260 g/mol. The van der Waals surface area contributed by atoms with Gasteiger partial charge in [0.15, 0.2) is 0 Å². The lowest BCUT2D eigenvalue weighted by atomic mass is 10.1. The van der Waals surface area contributed by atoms with Gasteiger partial charge in [-0.2, -0.15) is 0 Å². The van der Waals surface area contributed by atoms with Crippen LogP contribution in [0.3, 0.4) is 0 Å². The Hall–Kier alpha value is -1.58. The highest BCUT2D eigenvalue weighted by Crippen LogP contribution is 2.26. The van der Waals surface area contributed by atoms with Crippen molar-refractivity contribution in [2.75, 3.05) is 0 Å². The fourth-order valence-electron chi connectivity index (χ4n) is 1.70. The predicted octanol–water partition coefficient (Wildman–Crippen LogP) is 4.25. The van der Waals surface area contributed by atoms with Crippen LogP contribution in [0.25, 0.3) is 0 Å². The summed E-state index contributed by atoms with van der Waals surface area (Å²) in [5.74, 6) is 1.44. The van der Waals surface area contributed by atoms with Gasteiger partial charge in [-0.25, -0.2) is 0 Å². The molecule has 0 spiro atoms. The molecule has 1 heterocycles. The molecule has 2 rings (SSSR count). The van der Waals surface area contributed by atoms with Crippen molar-refractivity contribution in [2.45, 2.75) is 26.3 Å². The third kappa shape index (κ3) is 3.46. The summed E-state index contributed by atoms with van der Waals surface area (Å²) in [5.41, 5.74) is 7.78. The van der Waals surface area contributed by atoms with E-state index < -0.39 is 0 Å². The Morgan fingerprint density at radius 2 is 2.00 bits per heavy atom. The molecule has 0 aliphatic carbocycles. The van der Waals surface area contributed by atoms with E-state index in [1.807, 2.05) is 44.2 Å². The minimum Gasteiger partial charge on any atom is -0.456 e. The molecule has 1 aromatic heterocycles. The number of nitrogens with two attached hydrogens (primary N) is 1. The van der Waals surface area contributed by atoms with Gasteiger partial charge in [0.2, 0.25) is 0 Å². The molecule has 2 N–H and O–H groups in total. The Morgan fingerprint density at radius 3 is 2.58 bits per heavy atom. The van der Waals surface area contributed by atoms with Crippen LogP contribution in [0.5, 0.6) is 11.5 Å². The predicted molar refractivity (Wildman–Crippen MR) is 77.7 cm³/mol. The largest absolute Gasteiger partial charge is 0.456 e. The molecule has 0 saturated carbocycles. The minimum atomic E-state index is -0.0215. The zero-order valence-electron chi connectivity index (χ0n) is 11.1. The molecule has 4 heteroatoms. The number of ether oxygens (including phenoxy) is 1. The second-order valence-electron chi connectivity index (χ2n) is 4.45. The summed E-state index contributed by atoms with van der Waals surface area (Å²) in [7, 11) is 0. The van der Waals surface area contributed by atoms with Crippen LogP contribution < -0.4 is 10.5 Å². The molecule has 100 valence electrons. The summed E-state index contributed by atoms with van der Waals surface area (Å²) in [4.78, 5) is 4.31. The number of rotatable bonds is 4. The lowest BCUT2D eigenvalue weighted by Gasteiger charge is -2.10. The first-order chi connectivity index (χ1) is 9.10. The van der Waals surface area contributed by atoms with Gasteiger partial charge in [0.05, 0.1) is 11.9 Å². The summed E-state index contributed by atoms with van der Waals surface area (Å²) in [6.07, 6.45) is 2.55. The highest BCUT2D eigenvalue weighted by Gasteiger charge is 2.05. The standard InChI is InChI=1S/C15H17ClN2O/c1-3-14(17)15-7-5-12(9-18-15)19-11-4-6-13(16)10(2)8-11/h4-9,14H,3,17H2,1-2H3/t14-/m0/s1. The summed E-state index contributed by atoms with van der Waals surface area (Å²) in [6.45, 7) is 3.98. The van der Waals surface area contributed by atoms with Crippen LogP contribution in [0, 0.1) is 6.92 Å². The molecule has 0 fully saturated rings. The van der Waals surface area contributed by atoms with Crippen LogP contribution in [0.2, 0.25) is 5.02 Å². The highest BCUT2D eigenvalue weighted by molar-refractivity contribution is 6.31. The van der Waals surface area contributed by atoms with Gasteiger partial charge in [-0.05, 0) is 49.2 Å². The van der Waals surface area contributed by atoms with Crippen LogP contribution in [-0.4, -0.2) is 4.98 Å².